The van der Waals surface area contributed by atoms with E-state index < -0.39 is 0 Å². The van der Waals surface area contributed by atoms with Crippen LogP contribution in [0, 0.1) is 5.92 Å². The number of hydrogen-bond donors (Lipinski definition) is 3. The molecule has 1 amide bonds. The predicted molar refractivity (Wildman–Crippen MR) is 71.2 cm³/mol. The highest BCUT2D eigenvalue weighted by Crippen LogP contribution is 2.20. The van der Waals surface area contributed by atoms with Gasteiger partial charge in [0.25, 0.3) is 5.91 Å². The summed E-state index contributed by atoms with van der Waals surface area (Å²) < 4.78 is 0. The monoisotopic (exact) mass is 271 g/mol. The number of phenols is 2. The molecule has 1 rings (SSSR count). The minimum absolute atomic E-state index is 0.132. The average Bonchev–Trinajstić information content (AvgIpc) is 2.32. The topological polar surface area (TPSA) is 69.6 Å². The van der Waals surface area contributed by atoms with Crippen LogP contribution in [0.1, 0.15) is 30.1 Å². The van der Waals surface area contributed by atoms with Crippen molar-refractivity contribution in [3.8, 4) is 11.5 Å². The van der Waals surface area contributed by atoms with Gasteiger partial charge in [-0.2, -0.15) is 0 Å². The van der Waals surface area contributed by atoms with Gasteiger partial charge in [0.05, 0.1) is 0 Å². The Morgan fingerprint density at radius 3 is 2.44 bits per heavy atom. The first-order valence-electron chi connectivity index (χ1n) is 5.94. The van der Waals surface area contributed by atoms with Gasteiger partial charge in [-0.1, -0.05) is 13.3 Å². The molecule has 1 unspecified atom stereocenters. The molecule has 100 valence electrons. The maximum atomic E-state index is 11.8. The predicted octanol–water partition coefficient (Wildman–Crippen LogP) is 2.48. The summed E-state index contributed by atoms with van der Waals surface area (Å²) in [6.07, 6.45) is 1.79. The molecule has 1 atom stereocenters. The standard InChI is InChI=1S/C13H18ClNO3/c1-2-9(3-4-14)8-15-13(18)10-5-11(16)7-12(17)6-10/h5-7,9,16-17H,2-4,8H2,1H3,(H,15,18). The van der Waals surface area contributed by atoms with Gasteiger partial charge < -0.3 is 15.5 Å². The molecule has 5 heteroatoms. The van der Waals surface area contributed by atoms with E-state index in [0.717, 1.165) is 12.8 Å². The van der Waals surface area contributed by atoms with Gasteiger partial charge in [-0.15, -0.1) is 11.6 Å². The Hall–Kier alpha value is -1.42. The van der Waals surface area contributed by atoms with E-state index in [4.69, 9.17) is 11.6 Å². The summed E-state index contributed by atoms with van der Waals surface area (Å²) in [4.78, 5) is 11.8. The quantitative estimate of drug-likeness (QED) is 0.696. The normalized spacial score (nSPS) is 12.1. The van der Waals surface area contributed by atoms with Crippen LogP contribution in [0.5, 0.6) is 11.5 Å². The fourth-order valence-electron chi connectivity index (χ4n) is 1.67. The van der Waals surface area contributed by atoms with Crippen LogP contribution >= 0.6 is 11.6 Å². The van der Waals surface area contributed by atoms with Crippen molar-refractivity contribution in [3.63, 3.8) is 0 Å². The summed E-state index contributed by atoms with van der Waals surface area (Å²) in [5.74, 6) is 0.342. The van der Waals surface area contributed by atoms with Crippen molar-refractivity contribution in [1.29, 1.82) is 0 Å². The summed E-state index contributed by atoms with van der Waals surface area (Å²) in [7, 11) is 0. The van der Waals surface area contributed by atoms with Gasteiger partial charge in [-0.05, 0) is 24.5 Å². The van der Waals surface area contributed by atoms with E-state index in [1.807, 2.05) is 6.92 Å². The van der Waals surface area contributed by atoms with E-state index in [1.165, 1.54) is 18.2 Å². The van der Waals surface area contributed by atoms with Crippen LogP contribution in [0.25, 0.3) is 0 Å². The van der Waals surface area contributed by atoms with Crippen molar-refractivity contribution >= 4 is 17.5 Å². The maximum Gasteiger partial charge on any atom is 0.251 e. The van der Waals surface area contributed by atoms with Gasteiger partial charge in [-0.25, -0.2) is 0 Å². The lowest BCUT2D eigenvalue weighted by molar-refractivity contribution is 0.0945. The van der Waals surface area contributed by atoms with E-state index in [9.17, 15) is 15.0 Å². The summed E-state index contributed by atoms with van der Waals surface area (Å²) in [5, 5.41) is 21.4. The Bertz CT molecular complexity index is 389. The van der Waals surface area contributed by atoms with E-state index >= 15 is 0 Å². The third-order valence-electron chi connectivity index (χ3n) is 2.81. The molecule has 0 spiro atoms. The van der Waals surface area contributed by atoms with Gasteiger partial charge in [0.2, 0.25) is 0 Å². The van der Waals surface area contributed by atoms with Gasteiger partial charge in [0.1, 0.15) is 11.5 Å². The fourth-order valence-corrected chi connectivity index (χ4v) is 1.98. The Labute approximate surface area is 112 Å². The van der Waals surface area contributed by atoms with Crippen LogP contribution in [-0.4, -0.2) is 28.5 Å². The summed E-state index contributed by atoms with van der Waals surface area (Å²) in [5.41, 5.74) is 0.244. The number of aromatic hydroxyl groups is 2. The largest absolute Gasteiger partial charge is 0.508 e. The smallest absolute Gasteiger partial charge is 0.251 e. The van der Waals surface area contributed by atoms with Crippen LogP contribution in [0.3, 0.4) is 0 Å². The first-order valence-corrected chi connectivity index (χ1v) is 6.47. The van der Waals surface area contributed by atoms with Crippen LogP contribution in [-0.2, 0) is 0 Å². The Balaban J connectivity index is 2.59. The number of phenolic OH excluding ortho intramolecular Hbond substituents is 2. The molecular weight excluding hydrogens is 254 g/mol. The van der Waals surface area contributed by atoms with E-state index in [2.05, 4.69) is 5.32 Å². The zero-order valence-corrected chi connectivity index (χ0v) is 11.1. The molecule has 18 heavy (non-hydrogen) atoms. The number of nitrogens with one attached hydrogen (secondary N) is 1. The first kappa shape index (κ1) is 14.6. The van der Waals surface area contributed by atoms with Gasteiger partial charge >= 0.3 is 0 Å². The third-order valence-corrected chi connectivity index (χ3v) is 3.03. The number of carbonyl (C=O) groups excluding carboxylic acids is 1. The van der Waals surface area contributed by atoms with Crippen LogP contribution in [0.15, 0.2) is 18.2 Å². The van der Waals surface area contributed by atoms with Crippen LogP contribution in [0.2, 0.25) is 0 Å². The number of alkyl halides is 1. The summed E-state index contributed by atoms with van der Waals surface area (Å²) in [6.45, 7) is 2.59. The second kappa shape index (κ2) is 7.11. The Morgan fingerprint density at radius 1 is 1.33 bits per heavy atom. The number of carbonyl (C=O) groups is 1. The Kier molecular flexibility index (Phi) is 5.78. The lowest BCUT2D eigenvalue weighted by Crippen LogP contribution is -2.29. The van der Waals surface area contributed by atoms with E-state index in [1.54, 1.807) is 0 Å². The summed E-state index contributed by atoms with van der Waals surface area (Å²) >= 11 is 5.67. The number of halogens is 1. The fraction of sp³-hybridized carbons (Fsp3) is 0.462. The molecule has 0 fully saturated rings. The SMILES string of the molecule is CCC(CCCl)CNC(=O)c1cc(O)cc(O)c1. The molecule has 0 aromatic heterocycles. The lowest BCUT2D eigenvalue weighted by atomic mass is 10.0. The lowest BCUT2D eigenvalue weighted by Gasteiger charge is -2.14. The molecular formula is C13H18ClNO3. The highest BCUT2D eigenvalue weighted by molar-refractivity contribution is 6.17. The second-order valence-electron chi connectivity index (χ2n) is 4.20. The van der Waals surface area contributed by atoms with Crippen molar-refractivity contribution in [2.45, 2.75) is 19.8 Å². The number of amides is 1. The molecule has 0 aliphatic rings. The van der Waals surface area contributed by atoms with Crippen molar-refractivity contribution in [1.82, 2.24) is 5.32 Å². The molecule has 0 bridgehead atoms. The van der Waals surface area contributed by atoms with Gasteiger partial charge in [-0.3, -0.25) is 4.79 Å². The highest BCUT2D eigenvalue weighted by Gasteiger charge is 2.11. The molecule has 1 aromatic rings. The molecule has 0 aliphatic carbocycles. The van der Waals surface area contributed by atoms with E-state index in [0.29, 0.717) is 18.3 Å². The minimum Gasteiger partial charge on any atom is -0.508 e. The highest BCUT2D eigenvalue weighted by atomic mass is 35.5. The molecule has 0 saturated heterocycles. The average molecular weight is 272 g/mol. The molecule has 0 radical (unpaired) electrons. The molecule has 4 nitrogen and oxygen atoms in total. The maximum absolute atomic E-state index is 11.8. The van der Waals surface area contributed by atoms with Crippen LogP contribution in [0.4, 0.5) is 0 Å². The van der Waals surface area contributed by atoms with E-state index in [-0.39, 0.29) is 23.0 Å². The second-order valence-corrected chi connectivity index (χ2v) is 4.58. The van der Waals surface area contributed by atoms with Crippen molar-refractivity contribution in [3.05, 3.63) is 23.8 Å². The zero-order valence-electron chi connectivity index (χ0n) is 10.3. The van der Waals surface area contributed by atoms with Gasteiger partial charge in [0, 0.05) is 24.1 Å². The molecule has 1 aromatic carbocycles. The summed E-state index contributed by atoms with van der Waals surface area (Å²) in [6, 6.07) is 3.81. The Morgan fingerprint density at radius 2 is 1.94 bits per heavy atom. The first-order chi connectivity index (χ1) is 8.56. The van der Waals surface area contributed by atoms with Gasteiger partial charge in [0.15, 0.2) is 0 Å². The molecule has 3 N–H and O–H groups in total. The number of benzene rings is 1. The van der Waals surface area contributed by atoms with Crippen molar-refractivity contribution < 1.29 is 15.0 Å². The number of hydrogen-bond acceptors (Lipinski definition) is 3. The molecule has 0 aliphatic heterocycles. The minimum atomic E-state index is -0.311. The van der Waals surface area contributed by atoms with Crippen molar-refractivity contribution in [2.24, 2.45) is 5.92 Å². The van der Waals surface area contributed by atoms with Crippen molar-refractivity contribution in [2.75, 3.05) is 12.4 Å². The molecule has 0 heterocycles. The van der Waals surface area contributed by atoms with Crippen LogP contribution < -0.4 is 5.32 Å². The number of rotatable bonds is 6. The zero-order chi connectivity index (χ0) is 13.5. The molecule has 0 saturated carbocycles. The third kappa shape index (κ3) is 4.45.